The Bertz CT molecular complexity index is 903. The number of carbonyl (C=O) groups excluding carboxylic acids is 2. The van der Waals surface area contributed by atoms with Crippen molar-refractivity contribution in [3.05, 3.63) is 58.6 Å². The number of nitrogens with zero attached hydrogens (tertiary/aromatic N) is 1. The van der Waals surface area contributed by atoms with E-state index in [1.165, 1.54) is 0 Å². The van der Waals surface area contributed by atoms with Crippen molar-refractivity contribution in [1.29, 1.82) is 0 Å². The molecule has 0 aromatic heterocycles. The van der Waals surface area contributed by atoms with Gasteiger partial charge < -0.3 is 20.3 Å². The number of hydrogen-bond acceptors (Lipinski definition) is 4. The first-order valence-electron chi connectivity index (χ1n) is 9.64. The van der Waals surface area contributed by atoms with Crippen LogP contribution >= 0.6 is 11.6 Å². The van der Waals surface area contributed by atoms with Crippen molar-refractivity contribution < 1.29 is 14.3 Å². The summed E-state index contributed by atoms with van der Waals surface area (Å²) in [6.07, 6.45) is 1.24. The molecule has 0 aliphatic carbocycles. The van der Waals surface area contributed by atoms with Gasteiger partial charge in [0.15, 0.2) is 0 Å². The minimum Gasteiger partial charge on any atom is -0.496 e. The minimum absolute atomic E-state index is 0.145. The number of nitrogens with one attached hydrogen (secondary N) is 2. The van der Waals surface area contributed by atoms with Gasteiger partial charge in [0.25, 0.3) is 0 Å². The highest BCUT2D eigenvalue weighted by Crippen LogP contribution is 2.31. The molecule has 0 radical (unpaired) electrons. The van der Waals surface area contributed by atoms with Gasteiger partial charge in [-0.15, -0.1) is 0 Å². The van der Waals surface area contributed by atoms with E-state index >= 15 is 0 Å². The summed E-state index contributed by atoms with van der Waals surface area (Å²) >= 11 is 6.19. The van der Waals surface area contributed by atoms with E-state index in [2.05, 4.69) is 10.6 Å². The Morgan fingerprint density at radius 3 is 2.79 bits per heavy atom. The molecule has 2 N–H and O–H groups in total. The van der Waals surface area contributed by atoms with Gasteiger partial charge in [-0.05, 0) is 56.6 Å². The van der Waals surface area contributed by atoms with Crippen molar-refractivity contribution >= 4 is 29.1 Å². The van der Waals surface area contributed by atoms with Crippen LogP contribution in [0.5, 0.6) is 5.75 Å². The predicted octanol–water partition coefficient (Wildman–Crippen LogP) is 2.92. The Balaban J connectivity index is 1.96. The lowest BCUT2D eigenvalue weighted by atomic mass is 10.1. The summed E-state index contributed by atoms with van der Waals surface area (Å²) in [5.74, 6) is 0.319. The average molecular weight is 416 g/mol. The van der Waals surface area contributed by atoms with E-state index < -0.39 is 6.04 Å². The topological polar surface area (TPSA) is 70.7 Å². The van der Waals surface area contributed by atoms with E-state index in [9.17, 15) is 9.59 Å². The van der Waals surface area contributed by atoms with E-state index in [-0.39, 0.29) is 17.9 Å². The highest BCUT2D eigenvalue weighted by Gasteiger charge is 2.32. The molecule has 7 heteroatoms. The van der Waals surface area contributed by atoms with Gasteiger partial charge in [0, 0.05) is 16.3 Å². The Labute approximate surface area is 176 Å². The highest BCUT2D eigenvalue weighted by atomic mass is 35.5. The minimum atomic E-state index is -0.601. The third-order valence-corrected chi connectivity index (χ3v) is 5.50. The molecular weight excluding hydrogens is 390 g/mol. The molecule has 2 aromatic carbocycles. The number of aryl methyl sites for hydroxylation is 1. The molecule has 0 saturated carbocycles. The Morgan fingerprint density at radius 2 is 2.07 bits per heavy atom. The predicted molar refractivity (Wildman–Crippen MR) is 114 cm³/mol. The second-order valence-corrected chi connectivity index (χ2v) is 7.56. The van der Waals surface area contributed by atoms with E-state index in [4.69, 9.17) is 16.3 Å². The summed E-state index contributed by atoms with van der Waals surface area (Å²) in [6, 6.07) is 12.2. The van der Waals surface area contributed by atoms with Crippen LogP contribution in [-0.4, -0.2) is 38.1 Å². The van der Waals surface area contributed by atoms with Crippen LogP contribution in [-0.2, 0) is 22.6 Å². The molecule has 1 heterocycles. The van der Waals surface area contributed by atoms with Crippen LogP contribution in [0.4, 0.5) is 5.69 Å². The van der Waals surface area contributed by atoms with E-state index in [1.807, 2.05) is 24.3 Å². The molecule has 0 bridgehead atoms. The number of benzene rings is 2. The number of halogens is 1. The van der Waals surface area contributed by atoms with Crippen LogP contribution in [0.1, 0.15) is 24.5 Å². The summed E-state index contributed by atoms with van der Waals surface area (Å²) in [4.78, 5) is 27.6. The SMILES string of the molecule is CN[C@@H](C)C(=O)N[C@H]1CCc2ccccc2N(Cc2cc(Cl)ccc2OC)C1=O. The average Bonchev–Trinajstić information content (AvgIpc) is 2.85. The number of anilines is 1. The summed E-state index contributed by atoms with van der Waals surface area (Å²) in [6.45, 7) is 2.06. The number of methoxy groups -OCH3 is 1. The van der Waals surface area contributed by atoms with Crippen LogP contribution in [0.25, 0.3) is 0 Å². The second kappa shape index (κ2) is 9.29. The smallest absolute Gasteiger partial charge is 0.249 e. The lowest BCUT2D eigenvalue weighted by Crippen LogP contribution is -2.52. The molecule has 0 spiro atoms. The van der Waals surface area contributed by atoms with Gasteiger partial charge >= 0.3 is 0 Å². The number of para-hydroxylation sites is 1. The van der Waals surface area contributed by atoms with Crippen LogP contribution in [0.2, 0.25) is 5.02 Å². The van der Waals surface area contributed by atoms with Gasteiger partial charge in [-0.3, -0.25) is 9.59 Å². The van der Waals surface area contributed by atoms with Crippen molar-refractivity contribution in [2.75, 3.05) is 19.1 Å². The Kier molecular flexibility index (Phi) is 6.77. The molecule has 6 nitrogen and oxygen atoms in total. The number of likely N-dealkylation sites (N-methyl/N-ethyl adjacent to an activating group) is 1. The zero-order chi connectivity index (χ0) is 21.0. The second-order valence-electron chi connectivity index (χ2n) is 7.12. The maximum atomic E-state index is 13.5. The maximum Gasteiger partial charge on any atom is 0.249 e. The zero-order valence-electron chi connectivity index (χ0n) is 16.9. The van der Waals surface area contributed by atoms with E-state index in [0.29, 0.717) is 30.2 Å². The number of ether oxygens (including phenoxy) is 1. The largest absolute Gasteiger partial charge is 0.496 e. The zero-order valence-corrected chi connectivity index (χ0v) is 17.6. The van der Waals surface area contributed by atoms with Crippen LogP contribution in [0.3, 0.4) is 0 Å². The molecule has 3 rings (SSSR count). The van der Waals surface area contributed by atoms with Crippen LogP contribution < -0.4 is 20.3 Å². The number of fused-ring (bicyclic) bond motifs is 1. The Morgan fingerprint density at radius 1 is 1.31 bits per heavy atom. The van der Waals surface area contributed by atoms with Crippen molar-refractivity contribution in [2.24, 2.45) is 0 Å². The molecule has 154 valence electrons. The Hall–Kier alpha value is -2.57. The number of hydrogen-bond donors (Lipinski definition) is 2. The summed E-state index contributed by atoms with van der Waals surface area (Å²) in [5, 5.41) is 6.38. The number of amides is 2. The normalized spacial score (nSPS) is 17.3. The fourth-order valence-corrected chi connectivity index (χ4v) is 3.68. The monoisotopic (exact) mass is 415 g/mol. The first-order valence-corrected chi connectivity index (χ1v) is 10.0. The molecule has 2 aromatic rings. The molecular formula is C22H26ClN3O3. The van der Waals surface area contributed by atoms with Gasteiger partial charge in [0.1, 0.15) is 11.8 Å². The molecule has 29 heavy (non-hydrogen) atoms. The quantitative estimate of drug-likeness (QED) is 0.761. The lowest BCUT2D eigenvalue weighted by Gasteiger charge is -2.27. The molecule has 0 unspecified atom stereocenters. The third kappa shape index (κ3) is 4.71. The summed E-state index contributed by atoms with van der Waals surface area (Å²) in [7, 11) is 3.31. The van der Waals surface area contributed by atoms with Crippen molar-refractivity contribution in [3.63, 3.8) is 0 Å². The summed E-state index contributed by atoms with van der Waals surface area (Å²) in [5.41, 5.74) is 2.72. The third-order valence-electron chi connectivity index (χ3n) is 5.26. The molecule has 1 aliphatic heterocycles. The van der Waals surface area contributed by atoms with Crippen LogP contribution in [0, 0.1) is 0 Å². The fraction of sp³-hybridized carbons (Fsp3) is 0.364. The van der Waals surface area contributed by atoms with E-state index in [0.717, 1.165) is 16.8 Å². The molecule has 0 fully saturated rings. The maximum absolute atomic E-state index is 13.5. The lowest BCUT2D eigenvalue weighted by molar-refractivity contribution is -0.128. The molecule has 1 aliphatic rings. The van der Waals surface area contributed by atoms with Crippen LogP contribution in [0.15, 0.2) is 42.5 Å². The van der Waals surface area contributed by atoms with Gasteiger partial charge in [0.05, 0.1) is 19.7 Å². The fourth-order valence-electron chi connectivity index (χ4n) is 3.48. The standard InChI is InChI=1S/C22H26ClN3O3/c1-14(24-2)21(27)25-18-10-8-15-6-4-5-7-19(15)26(22(18)28)13-16-12-17(23)9-11-20(16)29-3/h4-7,9,11-12,14,18,24H,8,10,13H2,1-3H3,(H,25,27)/t14-,18-/m0/s1. The van der Waals surface area contributed by atoms with E-state index in [1.54, 1.807) is 44.2 Å². The van der Waals surface area contributed by atoms with Gasteiger partial charge in [-0.1, -0.05) is 29.8 Å². The number of rotatable bonds is 6. The molecule has 2 atom stereocenters. The molecule has 2 amide bonds. The first-order chi connectivity index (χ1) is 13.9. The summed E-state index contributed by atoms with van der Waals surface area (Å²) < 4.78 is 5.46. The first kappa shape index (κ1) is 21.1. The highest BCUT2D eigenvalue weighted by molar-refractivity contribution is 6.30. The van der Waals surface area contributed by atoms with Gasteiger partial charge in [-0.25, -0.2) is 0 Å². The van der Waals surface area contributed by atoms with Gasteiger partial charge in [0.2, 0.25) is 11.8 Å². The van der Waals surface area contributed by atoms with Gasteiger partial charge in [-0.2, -0.15) is 0 Å². The molecule has 0 saturated heterocycles. The van der Waals surface area contributed by atoms with Crippen molar-refractivity contribution in [2.45, 2.75) is 38.4 Å². The van der Waals surface area contributed by atoms with Crippen molar-refractivity contribution in [3.8, 4) is 5.75 Å². The number of carbonyl (C=O) groups is 2. The van der Waals surface area contributed by atoms with Crippen molar-refractivity contribution in [1.82, 2.24) is 10.6 Å².